The lowest BCUT2D eigenvalue weighted by Crippen LogP contribution is -2.37. The molecule has 0 spiro atoms. The quantitative estimate of drug-likeness (QED) is 0.0122. The number of phosphoric acid groups is 1. The van der Waals surface area contributed by atoms with Gasteiger partial charge < -0.3 is 18.9 Å². The zero-order valence-electron chi connectivity index (χ0n) is 37.4. The van der Waals surface area contributed by atoms with Crippen molar-refractivity contribution in [2.24, 2.45) is 0 Å². The van der Waals surface area contributed by atoms with Crippen molar-refractivity contribution in [3.05, 3.63) is 85.1 Å². The van der Waals surface area contributed by atoms with Gasteiger partial charge in [0.15, 0.2) is 11.9 Å². The molecule has 0 aromatic carbocycles. The van der Waals surface area contributed by atoms with Crippen molar-refractivity contribution in [2.45, 2.75) is 155 Å². The Labute approximate surface area is 358 Å². The van der Waals surface area contributed by atoms with Crippen LogP contribution in [0.4, 0.5) is 0 Å². The molecule has 0 aliphatic rings. The molecule has 0 saturated heterocycles. The first kappa shape index (κ1) is 55.9. The van der Waals surface area contributed by atoms with E-state index in [1.54, 1.807) is 6.08 Å². The number of phosphoric ester groups is 1. The van der Waals surface area contributed by atoms with Crippen LogP contribution in [0.5, 0.6) is 0 Å². The van der Waals surface area contributed by atoms with Crippen LogP contribution < -0.4 is 0 Å². The van der Waals surface area contributed by atoms with Crippen LogP contribution in [-0.4, -0.2) is 80.7 Å². The molecule has 0 saturated carbocycles. The highest BCUT2D eigenvalue weighted by Gasteiger charge is 2.27. The number of hydrogen-bond acceptors (Lipinski definition) is 8. The maximum absolute atomic E-state index is 12.7. The average molecular weight is 847 g/mol. The molecular weight excluding hydrogens is 766 g/mol. The molecule has 59 heavy (non-hydrogen) atoms. The number of ether oxygens (including phenoxy) is 2. The number of carbonyl (C=O) groups is 3. The van der Waals surface area contributed by atoms with E-state index in [0.29, 0.717) is 23.9 Å². The fraction of sp³-hybridized carbons (Fsp3) is 0.646. The Morgan fingerprint density at radius 3 is 1.69 bits per heavy atom. The molecule has 0 aromatic heterocycles. The first-order valence-corrected chi connectivity index (χ1v) is 23.8. The predicted molar refractivity (Wildman–Crippen MR) is 243 cm³/mol. The number of likely N-dealkylation sites (N-methyl/N-ethyl adjacent to an activating group) is 1. The van der Waals surface area contributed by atoms with Crippen LogP contribution in [0.2, 0.25) is 0 Å². The second-order valence-electron chi connectivity index (χ2n) is 15.8. The van der Waals surface area contributed by atoms with E-state index in [2.05, 4.69) is 68.5 Å². The molecule has 0 heterocycles. The minimum Gasteiger partial charge on any atom is -0.462 e. The van der Waals surface area contributed by atoms with Crippen molar-refractivity contribution in [3.63, 3.8) is 0 Å². The Hall–Kier alpha value is -3.14. The van der Waals surface area contributed by atoms with E-state index < -0.39 is 32.5 Å². The Kier molecular flexibility index (Phi) is 36.9. The number of esters is 2. The van der Waals surface area contributed by atoms with Crippen molar-refractivity contribution in [3.8, 4) is 0 Å². The molecule has 336 valence electrons. The highest BCUT2D eigenvalue weighted by atomic mass is 31.2. The van der Waals surface area contributed by atoms with Gasteiger partial charge in [0.25, 0.3) is 0 Å². The maximum Gasteiger partial charge on any atom is 0.472 e. The van der Waals surface area contributed by atoms with E-state index in [1.165, 1.54) is 63.9 Å². The summed E-state index contributed by atoms with van der Waals surface area (Å²) in [5.74, 6) is -1.25. The van der Waals surface area contributed by atoms with Crippen molar-refractivity contribution >= 4 is 25.5 Å². The lowest BCUT2D eigenvalue weighted by Gasteiger charge is -2.24. The summed E-state index contributed by atoms with van der Waals surface area (Å²) in [4.78, 5) is 47.6. The first-order chi connectivity index (χ1) is 28.4. The number of ketones is 1. The van der Waals surface area contributed by atoms with Crippen molar-refractivity contribution in [1.29, 1.82) is 0 Å². The summed E-state index contributed by atoms with van der Waals surface area (Å²) in [6, 6.07) is 0. The van der Waals surface area contributed by atoms with Gasteiger partial charge in [0.1, 0.15) is 19.8 Å². The van der Waals surface area contributed by atoms with E-state index in [4.69, 9.17) is 18.5 Å². The molecule has 0 rings (SSSR count). The van der Waals surface area contributed by atoms with Crippen LogP contribution in [-0.2, 0) is 37.5 Å². The fourth-order valence-corrected chi connectivity index (χ4v) is 6.08. The summed E-state index contributed by atoms with van der Waals surface area (Å²) in [7, 11) is 1.29. The fourth-order valence-electron chi connectivity index (χ4n) is 5.33. The Morgan fingerprint density at radius 1 is 0.576 bits per heavy atom. The van der Waals surface area contributed by atoms with Gasteiger partial charge in [-0.25, -0.2) is 4.57 Å². The summed E-state index contributed by atoms with van der Waals surface area (Å²) in [6.07, 6.45) is 46.5. The van der Waals surface area contributed by atoms with Gasteiger partial charge in [-0.3, -0.25) is 23.4 Å². The van der Waals surface area contributed by atoms with Gasteiger partial charge >= 0.3 is 19.8 Å². The largest absolute Gasteiger partial charge is 0.472 e. The van der Waals surface area contributed by atoms with E-state index in [-0.39, 0.29) is 44.7 Å². The molecule has 1 N–H and O–H groups in total. The van der Waals surface area contributed by atoms with E-state index >= 15 is 0 Å². The summed E-state index contributed by atoms with van der Waals surface area (Å²) >= 11 is 0. The molecule has 0 fully saturated rings. The summed E-state index contributed by atoms with van der Waals surface area (Å²) in [6.45, 7) is 4.02. The monoisotopic (exact) mass is 847 g/mol. The molecule has 10 nitrogen and oxygen atoms in total. The first-order valence-electron chi connectivity index (χ1n) is 22.3. The molecular formula is C48H81NO9P+. The van der Waals surface area contributed by atoms with Gasteiger partial charge in [-0.2, -0.15) is 0 Å². The van der Waals surface area contributed by atoms with Gasteiger partial charge in [0, 0.05) is 19.3 Å². The summed E-state index contributed by atoms with van der Waals surface area (Å²) in [5, 5.41) is 0. The third kappa shape index (κ3) is 42.8. The lowest BCUT2D eigenvalue weighted by molar-refractivity contribution is -0.870. The number of rotatable bonds is 39. The normalized spacial score (nSPS) is 14.3. The molecule has 1 unspecified atom stereocenters. The van der Waals surface area contributed by atoms with Crippen LogP contribution in [0.15, 0.2) is 85.1 Å². The summed E-state index contributed by atoms with van der Waals surface area (Å²) < 4.78 is 34.0. The second-order valence-corrected chi connectivity index (χ2v) is 17.2. The van der Waals surface area contributed by atoms with Crippen molar-refractivity contribution in [1.82, 2.24) is 0 Å². The molecule has 0 aliphatic carbocycles. The lowest BCUT2D eigenvalue weighted by atomic mass is 10.1. The Bertz CT molecular complexity index is 1340. The van der Waals surface area contributed by atoms with Crippen LogP contribution in [0.25, 0.3) is 0 Å². The SMILES string of the molecule is CCCCC/C=C\C/C=C\C/C=C\C=C\C(=O)CCCC(=O)O[C@H](COC(=O)CCC/C=C\C/C=C\C/C=C\CCCCCCCC)COP(=O)(O)OCC[N+](C)(C)C. The van der Waals surface area contributed by atoms with E-state index in [1.807, 2.05) is 39.4 Å². The third-order valence-electron chi connectivity index (χ3n) is 8.87. The third-order valence-corrected chi connectivity index (χ3v) is 9.86. The minimum absolute atomic E-state index is 0.0232. The number of hydrogen-bond donors (Lipinski definition) is 1. The molecule has 0 aromatic rings. The molecule has 11 heteroatoms. The molecule has 0 bridgehead atoms. The maximum atomic E-state index is 12.7. The number of carbonyl (C=O) groups excluding carboxylic acids is 3. The Balaban J connectivity index is 4.66. The van der Waals surface area contributed by atoms with Crippen molar-refractivity contribution < 1.29 is 46.8 Å². The Morgan fingerprint density at radius 2 is 1.08 bits per heavy atom. The minimum atomic E-state index is -4.46. The van der Waals surface area contributed by atoms with E-state index in [0.717, 1.165) is 38.5 Å². The number of unbranched alkanes of at least 4 members (excludes halogenated alkanes) is 10. The van der Waals surface area contributed by atoms with Gasteiger partial charge in [-0.05, 0) is 76.7 Å². The standard InChI is InChI=1S/C48H80NO9P/c1-6-8-10-12-14-16-18-20-21-22-23-25-27-29-31-33-35-39-47(51)55-43-46(44-57-59(53,54)56-42-41-49(3,4)5)58-48(52)40-36-38-45(50)37-34-32-30-28-26-24-19-17-15-13-11-9-7-2/h15,17,20-21,23-26,29-32,34,37,46H,6-14,16,18-19,22,27-28,33,35-36,38-44H2,1-5H3/p+1/b17-15-,21-20-,25-23-,26-24-,31-29-,32-30-,37-34+/t46-/m1/s1. The van der Waals surface area contributed by atoms with Gasteiger partial charge in [0.05, 0.1) is 27.7 Å². The topological polar surface area (TPSA) is 125 Å². The molecule has 0 aliphatic heterocycles. The molecule has 0 amide bonds. The van der Waals surface area contributed by atoms with Crippen molar-refractivity contribution in [2.75, 3.05) is 47.5 Å². The summed E-state index contributed by atoms with van der Waals surface area (Å²) in [5.41, 5.74) is 0. The number of allylic oxidation sites excluding steroid dienone is 14. The molecule has 0 radical (unpaired) electrons. The number of quaternary nitrogens is 1. The van der Waals surface area contributed by atoms with E-state index in [9.17, 15) is 23.8 Å². The zero-order valence-corrected chi connectivity index (χ0v) is 38.3. The molecule has 2 atom stereocenters. The van der Waals surface area contributed by atoms with Crippen LogP contribution in [0, 0.1) is 0 Å². The van der Waals surface area contributed by atoms with Gasteiger partial charge in [-0.1, -0.05) is 138 Å². The highest BCUT2D eigenvalue weighted by Crippen LogP contribution is 2.43. The zero-order chi connectivity index (χ0) is 43.7. The average Bonchev–Trinajstić information content (AvgIpc) is 3.18. The second kappa shape index (κ2) is 39.0. The number of nitrogens with zero attached hydrogens (tertiary/aromatic N) is 1. The van der Waals surface area contributed by atoms with Crippen LogP contribution in [0.1, 0.15) is 149 Å². The van der Waals surface area contributed by atoms with Gasteiger partial charge in [0.2, 0.25) is 0 Å². The van der Waals surface area contributed by atoms with Crippen LogP contribution >= 0.6 is 7.82 Å². The van der Waals surface area contributed by atoms with Crippen LogP contribution in [0.3, 0.4) is 0 Å². The van der Waals surface area contributed by atoms with Gasteiger partial charge in [-0.15, -0.1) is 0 Å². The highest BCUT2D eigenvalue weighted by molar-refractivity contribution is 7.47. The predicted octanol–water partition coefficient (Wildman–Crippen LogP) is 12.0. The smallest absolute Gasteiger partial charge is 0.462 e.